The zero-order valence-electron chi connectivity index (χ0n) is 14.7. The number of rotatable bonds is 4. The smallest absolute Gasteiger partial charge is 0.318 e. The summed E-state index contributed by atoms with van der Waals surface area (Å²) < 4.78 is 15.1. The highest BCUT2D eigenvalue weighted by Crippen LogP contribution is 2.21. The fourth-order valence-corrected chi connectivity index (χ4v) is 3.09. The van der Waals surface area contributed by atoms with Crippen molar-refractivity contribution in [1.82, 2.24) is 24.7 Å². The van der Waals surface area contributed by atoms with Crippen LogP contribution in [0.15, 0.2) is 36.7 Å². The molecule has 1 atom stereocenters. The lowest BCUT2D eigenvalue weighted by Crippen LogP contribution is -2.52. The Morgan fingerprint density at radius 2 is 1.92 bits per heavy atom. The van der Waals surface area contributed by atoms with Crippen LogP contribution in [-0.4, -0.2) is 58.1 Å². The third-order valence-corrected chi connectivity index (χ3v) is 4.69. The summed E-state index contributed by atoms with van der Waals surface area (Å²) in [7, 11) is 1.88. The number of imidazole rings is 1. The predicted molar refractivity (Wildman–Crippen MR) is 93.7 cm³/mol. The van der Waals surface area contributed by atoms with Crippen molar-refractivity contribution in [3.8, 4) is 0 Å². The summed E-state index contributed by atoms with van der Waals surface area (Å²) in [5.41, 5.74) is 0.802. The molecular formula is C18H24FN5O. The average molecular weight is 345 g/mol. The number of aryl methyl sites for hydroxylation is 1. The minimum atomic E-state index is -0.419. The summed E-state index contributed by atoms with van der Waals surface area (Å²) in [6, 6.07) is 5.63. The number of nitrogens with zero attached hydrogens (tertiary/aromatic N) is 4. The van der Waals surface area contributed by atoms with Gasteiger partial charge in [-0.2, -0.15) is 0 Å². The molecule has 0 aliphatic carbocycles. The Morgan fingerprint density at radius 1 is 1.24 bits per heavy atom. The maximum atomic E-state index is 13.3. The van der Waals surface area contributed by atoms with Crippen LogP contribution in [-0.2, 0) is 7.05 Å². The van der Waals surface area contributed by atoms with Crippen molar-refractivity contribution in [2.75, 3.05) is 32.7 Å². The van der Waals surface area contributed by atoms with Gasteiger partial charge in [-0.15, -0.1) is 0 Å². The van der Waals surface area contributed by atoms with Gasteiger partial charge in [-0.25, -0.2) is 14.2 Å². The minimum Gasteiger partial charge on any atom is -0.336 e. The zero-order valence-corrected chi connectivity index (χ0v) is 14.7. The summed E-state index contributed by atoms with van der Waals surface area (Å²) in [4.78, 5) is 21.2. The fourth-order valence-electron chi connectivity index (χ4n) is 3.09. The van der Waals surface area contributed by atoms with Crippen molar-refractivity contribution in [3.05, 3.63) is 53.9 Å². The highest BCUT2D eigenvalue weighted by atomic mass is 19.1. The van der Waals surface area contributed by atoms with Crippen LogP contribution in [0.5, 0.6) is 0 Å². The van der Waals surface area contributed by atoms with Gasteiger partial charge in [-0.3, -0.25) is 0 Å². The molecule has 1 aliphatic heterocycles. The number of amides is 2. The number of nitrogens with one attached hydrogen (secondary N) is 1. The van der Waals surface area contributed by atoms with Crippen LogP contribution in [0.1, 0.15) is 24.4 Å². The molecule has 1 aromatic heterocycles. The molecule has 6 nitrogen and oxygen atoms in total. The molecule has 2 amide bonds. The van der Waals surface area contributed by atoms with E-state index in [1.54, 1.807) is 18.3 Å². The zero-order chi connectivity index (χ0) is 17.8. The van der Waals surface area contributed by atoms with Gasteiger partial charge >= 0.3 is 6.03 Å². The summed E-state index contributed by atoms with van der Waals surface area (Å²) in [6.07, 6.45) is 3.52. The van der Waals surface area contributed by atoms with Gasteiger partial charge in [0.2, 0.25) is 0 Å². The van der Waals surface area contributed by atoms with Gasteiger partial charge in [0.05, 0.1) is 0 Å². The molecule has 134 valence electrons. The molecular weight excluding hydrogens is 321 g/mol. The molecule has 3 rings (SSSR count). The van der Waals surface area contributed by atoms with E-state index < -0.39 is 6.04 Å². The van der Waals surface area contributed by atoms with Crippen LogP contribution in [0.25, 0.3) is 0 Å². The van der Waals surface area contributed by atoms with Crippen molar-refractivity contribution in [2.24, 2.45) is 7.05 Å². The molecule has 7 heteroatoms. The lowest BCUT2D eigenvalue weighted by molar-refractivity contribution is 0.141. The van der Waals surface area contributed by atoms with Crippen LogP contribution >= 0.6 is 0 Å². The second kappa shape index (κ2) is 7.65. The van der Waals surface area contributed by atoms with Crippen molar-refractivity contribution < 1.29 is 9.18 Å². The normalized spacial score (nSPS) is 16.7. The number of carbonyl (C=O) groups is 1. The largest absolute Gasteiger partial charge is 0.336 e. The van der Waals surface area contributed by atoms with Gasteiger partial charge in [0.25, 0.3) is 0 Å². The number of likely N-dealkylation sites (N-methyl/N-ethyl adjacent to an activating group) is 1. The Hall–Kier alpha value is -2.41. The lowest BCUT2D eigenvalue weighted by Gasteiger charge is -2.35. The third-order valence-electron chi connectivity index (χ3n) is 4.69. The maximum Gasteiger partial charge on any atom is 0.318 e. The number of carbonyl (C=O) groups excluding carboxylic acids is 1. The molecule has 0 spiro atoms. The minimum absolute atomic E-state index is 0.118. The number of urea groups is 1. The van der Waals surface area contributed by atoms with E-state index in [4.69, 9.17) is 0 Å². The summed E-state index contributed by atoms with van der Waals surface area (Å²) in [6.45, 7) is 6.30. The van der Waals surface area contributed by atoms with Crippen molar-refractivity contribution in [2.45, 2.75) is 13.0 Å². The molecule has 2 aromatic rings. The molecule has 2 heterocycles. The molecule has 0 saturated carbocycles. The monoisotopic (exact) mass is 345 g/mol. The van der Waals surface area contributed by atoms with E-state index in [-0.39, 0.29) is 11.8 Å². The lowest BCUT2D eigenvalue weighted by atomic mass is 10.1. The number of aromatic nitrogens is 2. The van der Waals surface area contributed by atoms with E-state index in [1.807, 2.05) is 22.7 Å². The second-order valence-electron chi connectivity index (χ2n) is 6.25. The number of hydrogen-bond donors (Lipinski definition) is 1. The molecule has 0 radical (unpaired) electrons. The first-order chi connectivity index (χ1) is 12.1. The van der Waals surface area contributed by atoms with Crippen molar-refractivity contribution >= 4 is 6.03 Å². The van der Waals surface area contributed by atoms with Crippen molar-refractivity contribution in [1.29, 1.82) is 0 Å². The Balaban J connectivity index is 1.77. The van der Waals surface area contributed by atoms with Crippen LogP contribution in [0.2, 0.25) is 0 Å². The molecule has 1 aromatic carbocycles. The van der Waals surface area contributed by atoms with Crippen LogP contribution in [0.3, 0.4) is 0 Å². The SMILES string of the molecule is CCN1CCN(C(=O)NC(c2ccc(F)cc2)c2nccn2C)CC1. The van der Waals surface area contributed by atoms with Crippen LogP contribution < -0.4 is 5.32 Å². The maximum absolute atomic E-state index is 13.3. The Labute approximate surface area is 147 Å². The standard InChI is InChI=1S/C18H24FN5O/c1-3-23-10-12-24(13-11-23)18(25)21-16(17-20-8-9-22(17)2)14-4-6-15(19)7-5-14/h4-9,16H,3,10-13H2,1-2H3,(H,21,25). The quantitative estimate of drug-likeness (QED) is 0.922. The highest BCUT2D eigenvalue weighted by molar-refractivity contribution is 5.75. The molecule has 25 heavy (non-hydrogen) atoms. The van der Waals surface area contributed by atoms with E-state index in [0.717, 1.165) is 25.2 Å². The number of hydrogen-bond acceptors (Lipinski definition) is 3. The molecule has 1 unspecified atom stereocenters. The molecule has 1 N–H and O–H groups in total. The van der Waals surface area contributed by atoms with Gasteiger partial charge in [0.1, 0.15) is 17.7 Å². The molecule has 0 bridgehead atoms. The topological polar surface area (TPSA) is 53.4 Å². The number of halogens is 1. The number of benzene rings is 1. The van der Waals surface area contributed by atoms with E-state index >= 15 is 0 Å². The summed E-state index contributed by atoms with van der Waals surface area (Å²) in [5, 5.41) is 3.06. The summed E-state index contributed by atoms with van der Waals surface area (Å²) >= 11 is 0. The Kier molecular flexibility index (Phi) is 5.33. The van der Waals surface area contributed by atoms with Crippen LogP contribution in [0.4, 0.5) is 9.18 Å². The van der Waals surface area contributed by atoms with Gasteiger partial charge in [0.15, 0.2) is 0 Å². The number of piperazine rings is 1. The second-order valence-corrected chi connectivity index (χ2v) is 6.25. The first-order valence-corrected chi connectivity index (χ1v) is 8.59. The third kappa shape index (κ3) is 3.99. The van der Waals surface area contributed by atoms with Gasteiger partial charge in [-0.05, 0) is 24.2 Å². The first kappa shape index (κ1) is 17.4. The van der Waals surface area contributed by atoms with E-state index in [0.29, 0.717) is 18.9 Å². The summed E-state index contributed by atoms with van der Waals surface area (Å²) in [5.74, 6) is 0.413. The van der Waals surface area contributed by atoms with Crippen molar-refractivity contribution in [3.63, 3.8) is 0 Å². The highest BCUT2D eigenvalue weighted by Gasteiger charge is 2.25. The van der Waals surface area contributed by atoms with E-state index in [9.17, 15) is 9.18 Å². The Bertz CT molecular complexity index is 707. The molecule has 1 fully saturated rings. The Morgan fingerprint density at radius 3 is 2.48 bits per heavy atom. The predicted octanol–water partition coefficient (Wildman–Crippen LogP) is 2.00. The fraction of sp³-hybridized carbons (Fsp3) is 0.444. The van der Waals surface area contributed by atoms with E-state index in [2.05, 4.69) is 22.1 Å². The van der Waals surface area contributed by atoms with Gasteiger partial charge < -0.3 is 19.7 Å². The average Bonchev–Trinajstić information content (AvgIpc) is 3.06. The first-order valence-electron chi connectivity index (χ1n) is 8.59. The van der Waals surface area contributed by atoms with E-state index in [1.165, 1.54) is 12.1 Å². The van der Waals surface area contributed by atoms with Gasteiger partial charge in [0, 0.05) is 45.6 Å². The van der Waals surface area contributed by atoms with Gasteiger partial charge in [-0.1, -0.05) is 19.1 Å². The molecule has 1 saturated heterocycles. The molecule has 1 aliphatic rings. The van der Waals surface area contributed by atoms with Crippen LogP contribution in [0, 0.1) is 5.82 Å².